The van der Waals surface area contributed by atoms with Crippen LogP contribution in [0, 0.1) is 10.4 Å². The van der Waals surface area contributed by atoms with Crippen LogP contribution in [-0.2, 0) is 12.0 Å². The molecule has 0 saturated heterocycles. The highest BCUT2D eigenvalue weighted by molar-refractivity contribution is 5.92. The molecule has 1 aromatic heterocycles. The van der Waals surface area contributed by atoms with E-state index in [0.29, 0.717) is 11.2 Å². The molecule has 17 heavy (non-hydrogen) atoms. The number of rotatable bonds is 0. The average molecular weight is 240 g/mol. The maximum atomic E-state index is 11.9. The average Bonchev–Trinajstić information content (AvgIpc) is 2.67. The zero-order chi connectivity index (χ0) is 12.4. The molecule has 1 aliphatic carbocycles. The lowest BCUT2D eigenvalue weighted by Gasteiger charge is -2.20. The molecule has 0 aromatic carbocycles. The van der Waals surface area contributed by atoms with E-state index >= 15 is 0 Å². The van der Waals surface area contributed by atoms with Crippen LogP contribution in [-0.4, -0.2) is 26.4 Å². The molecule has 8 heteroatoms. The van der Waals surface area contributed by atoms with Crippen molar-refractivity contribution in [3.8, 4) is 0 Å². The van der Waals surface area contributed by atoms with Crippen LogP contribution in [0.4, 0.5) is 0 Å². The van der Waals surface area contributed by atoms with E-state index in [0.717, 1.165) is 0 Å². The van der Waals surface area contributed by atoms with Crippen LogP contribution in [0.2, 0.25) is 0 Å². The summed E-state index contributed by atoms with van der Waals surface area (Å²) in [5.41, 5.74) is 3.69. The van der Waals surface area contributed by atoms with Gasteiger partial charge in [-0.1, -0.05) is 0 Å². The van der Waals surface area contributed by atoms with E-state index in [1.54, 1.807) is 0 Å². The Morgan fingerprint density at radius 3 is 2.88 bits per heavy atom. The standard InChI is InChI=1S/C9H12N4O4/c1-8(10)4-9(14)6(12(8)15)3-2-5-7(9)11-17-13(5)16/h14H,2-4,10H2,1H3/t8-,9-/m1/s1. The van der Waals surface area contributed by atoms with E-state index in [1.807, 2.05) is 0 Å². The summed E-state index contributed by atoms with van der Waals surface area (Å²) in [6.45, 7) is 1.54. The fourth-order valence-electron chi connectivity index (χ4n) is 2.72. The molecule has 2 atom stereocenters. The fraction of sp³-hybridized carbons (Fsp3) is 0.667. The highest BCUT2D eigenvalue weighted by atomic mass is 16.8. The zero-order valence-corrected chi connectivity index (χ0v) is 9.21. The van der Waals surface area contributed by atoms with Crippen LogP contribution in [0.15, 0.2) is 4.63 Å². The van der Waals surface area contributed by atoms with Crippen LogP contribution in [0.5, 0.6) is 0 Å². The first-order chi connectivity index (χ1) is 7.86. The number of nitrogens with zero attached hydrogens (tertiary/aromatic N) is 3. The second-order valence-electron chi connectivity index (χ2n) is 4.86. The van der Waals surface area contributed by atoms with Crippen LogP contribution < -0.4 is 10.6 Å². The molecule has 1 aromatic rings. The summed E-state index contributed by atoms with van der Waals surface area (Å²) in [4.78, 5) is 0.269. The molecular weight excluding hydrogens is 228 g/mol. The molecule has 0 radical (unpaired) electrons. The van der Waals surface area contributed by atoms with E-state index in [-0.39, 0.29) is 34.8 Å². The Morgan fingerprint density at radius 2 is 2.18 bits per heavy atom. The van der Waals surface area contributed by atoms with Crippen LogP contribution in [0.3, 0.4) is 0 Å². The lowest BCUT2D eigenvalue weighted by molar-refractivity contribution is -0.808. The summed E-state index contributed by atoms with van der Waals surface area (Å²) in [6, 6.07) is 0. The highest BCUT2D eigenvalue weighted by Gasteiger charge is 2.62. The smallest absolute Gasteiger partial charge is 0.263 e. The number of fused-ring (bicyclic) bond motifs is 3. The zero-order valence-electron chi connectivity index (χ0n) is 9.21. The number of hydrogen-bond acceptors (Lipinski definition) is 6. The molecule has 92 valence electrons. The molecule has 2 aliphatic rings. The van der Waals surface area contributed by atoms with Gasteiger partial charge in [-0.2, -0.15) is 4.74 Å². The van der Waals surface area contributed by atoms with E-state index in [4.69, 9.17) is 5.73 Å². The van der Waals surface area contributed by atoms with Gasteiger partial charge in [-0.05, 0) is 4.90 Å². The minimum Gasteiger partial charge on any atom is -0.622 e. The third-order valence-electron chi connectivity index (χ3n) is 3.49. The third kappa shape index (κ3) is 1.11. The molecule has 0 saturated carbocycles. The van der Waals surface area contributed by atoms with Gasteiger partial charge in [0.05, 0.1) is 6.42 Å². The summed E-state index contributed by atoms with van der Waals surface area (Å²) < 4.78 is 5.10. The predicted molar refractivity (Wildman–Crippen MR) is 53.5 cm³/mol. The molecule has 2 heterocycles. The Bertz CT molecular complexity index is 535. The van der Waals surface area contributed by atoms with Gasteiger partial charge in [0.1, 0.15) is 0 Å². The topological polar surface area (TPSA) is 125 Å². The van der Waals surface area contributed by atoms with Crippen molar-refractivity contribution in [2.24, 2.45) is 5.73 Å². The van der Waals surface area contributed by atoms with Gasteiger partial charge in [-0.15, -0.1) is 0 Å². The number of nitrogens with two attached hydrogens (primary N) is 1. The molecule has 3 rings (SSSR count). The van der Waals surface area contributed by atoms with Crippen molar-refractivity contribution >= 4 is 5.71 Å². The minimum atomic E-state index is -1.57. The fourth-order valence-corrected chi connectivity index (χ4v) is 2.72. The van der Waals surface area contributed by atoms with Crippen molar-refractivity contribution in [2.45, 2.75) is 37.5 Å². The largest absolute Gasteiger partial charge is 0.622 e. The molecular formula is C9H12N4O4. The first-order valence-corrected chi connectivity index (χ1v) is 5.30. The summed E-state index contributed by atoms with van der Waals surface area (Å²) >= 11 is 0. The van der Waals surface area contributed by atoms with Gasteiger partial charge in [0.15, 0.2) is 0 Å². The van der Waals surface area contributed by atoms with Gasteiger partial charge in [0.25, 0.3) is 5.69 Å². The SMILES string of the molecule is C[C@]1(N)C[C@@]2(O)C(=[N+]1[O-])CCc1c2no[n+]1[O-]. The molecule has 8 nitrogen and oxygen atoms in total. The summed E-state index contributed by atoms with van der Waals surface area (Å²) in [6.07, 6.45) is 0.594. The van der Waals surface area contributed by atoms with E-state index in [1.165, 1.54) is 6.92 Å². The maximum Gasteiger partial charge on any atom is 0.263 e. The lowest BCUT2D eigenvalue weighted by Crippen LogP contribution is -2.44. The van der Waals surface area contributed by atoms with Gasteiger partial charge >= 0.3 is 0 Å². The van der Waals surface area contributed by atoms with Crippen molar-refractivity contribution in [3.05, 3.63) is 21.8 Å². The Morgan fingerprint density at radius 1 is 1.47 bits per heavy atom. The molecule has 0 unspecified atom stereocenters. The molecule has 0 fully saturated rings. The van der Waals surface area contributed by atoms with Gasteiger partial charge in [0, 0.05) is 24.9 Å². The van der Waals surface area contributed by atoms with Gasteiger partial charge in [-0.25, -0.2) is 0 Å². The van der Waals surface area contributed by atoms with Crippen LogP contribution in [0.25, 0.3) is 0 Å². The molecule has 1 aliphatic heterocycles. The second-order valence-corrected chi connectivity index (χ2v) is 4.86. The normalized spacial score (nSPS) is 35.9. The Labute approximate surface area is 96.1 Å². The van der Waals surface area contributed by atoms with Crippen molar-refractivity contribution in [3.63, 3.8) is 0 Å². The number of aliphatic hydroxyl groups is 1. The molecule has 0 amide bonds. The van der Waals surface area contributed by atoms with Crippen molar-refractivity contribution < 1.29 is 19.4 Å². The molecule has 0 bridgehead atoms. The molecule has 0 spiro atoms. The first-order valence-electron chi connectivity index (χ1n) is 5.30. The minimum absolute atomic E-state index is 0.00162. The monoisotopic (exact) mass is 240 g/mol. The van der Waals surface area contributed by atoms with Gasteiger partial charge < -0.3 is 15.5 Å². The van der Waals surface area contributed by atoms with Gasteiger partial charge in [-0.3, -0.25) is 10.4 Å². The Hall–Kier alpha value is -1.67. The first kappa shape index (κ1) is 10.5. The van der Waals surface area contributed by atoms with Crippen molar-refractivity contribution in [1.82, 2.24) is 5.16 Å². The van der Waals surface area contributed by atoms with E-state index in [2.05, 4.69) is 9.79 Å². The Kier molecular flexibility index (Phi) is 1.71. The lowest BCUT2D eigenvalue weighted by atomic mass is 9.81. The second kappa shape index (κ2) is 2.77. The summed E-state index contributed by atoms with van der Waals surface area (Å²) in [7, 11) is 0. The van der Waals surface area contributed by atoms with E-state index < -0.39 is 11.3 Å². The third-order valence-corrected chi connectivity index (χ3v) is 3.49. The number of hydroxylamine groups is 1. The number of hydrogen-bond donors (Lipinski definition) is 2. The van der Waals surface area contributed by atoms with Crippen molar-refractivity contribution in [2.75, 3.05) is 0 Å². The maximum absolute atomic E-state index is 11.9. The van der Waals surface area contributed by atoms with E-state index in [9.17, 15) is 15.5 Å². The number of aromatic nitrogens is 2. The molecule has 3 N–H and O–H groups in total. The summed E-state index contributed by atoms with van der Waals surface area (Å²) in [5, 5.41) is 37.3. The summed E-state index contributed by atoms with van der Waals surface area (Å²) in [5.74, 6) is 0. The van der Waals surface area contributed by atoms with Crippen molar-refractivity contribution in [1.29, 1.82) is 0 Å². The van der Waals surface area contributed by atoms with Crippen LogP contribution >= 0.6 is 0 Å². The Balaban J connectivity index is 2.22. The quantitative estimate of drug-likeness (QED) is 0.418. The predicted octanol–water partition coefficient (Wildman–Crippen LogP) is -1.53. The van der Waals surface area contributed by atoms with Gasteiger partial charge in [0.2, 0.25) is 22.7 Å². The highest BCUT2D eigenvalue weighted by Crippen LogP contribution is 2.41. The van der Waals surface area contributed by atoms with Crippen LogP contribution in [0.1, 0.15) is 31.2 Å².